The average Bonchev–Trinajstić information content (AvgIpc) is 3.22. The van der Waals surface area contributed by atoms with Crippen LogP contribution in [0.25, 0.3) is 0 Å². The number of carbonyl (C=O) groups excluding carboxylic acids is 2. The molecule has 2 N–H and O–H groups in total. The van der Waals surface area contributed by atoms with E-state index in [1.165, 1.54) is 7.11 Å². The summed E-state index contributed by atoms with van der Waals surface area (Å²) in [6.07, 6.45) is 4.80. The van der Waals surface area contributed by atoms with Crippen LogP contribution in [0.15, 0.2) is 42.7 Å². The molecule has 0 spiro atoms. The molecule has 1 aliphatic heterocycles. The summed E-state index contributed by atoms with van der Waals surface area (Å²) in [6, 6.07) is 8.75. The van der Waals surface area contributed by atoms with E-state index in [0.717, 1.165) is 13.1 Å². The largest absolute Gasteiger partial charge is 0.482 e. The third-order valence-corrected chi connectivity index (χ3v) is 4.47. The maximum Gasteiger partial charge on any atom is 0.343 e. The van der Waals surface area contributed by atoms with Crippen molar-refractivity contribution >= 4 is 17.6 Å². The number of anilines is 1. The Hall–Kier alpha value is -2.87. The summed E-state index contributed by atoms with van der Waals surface area (Å²) in [5.41, 5.74) is -0.125. The number of amides is 1. The first kappa shape index (κ1) is 17.9. The zero-order valence-corrected chi connectivity index (χ0v) is 14.6. The Labute approximate surface area is 151 Å². The Balaban J connectivity index is 1.74. The number of piperidine rings is 1. The first-order valence-electron chi connectivity index (χ1n) is 8.46. The lowest BCUT2D eigenvalue weighted by molar-refractivity contribution is -0.142. The second-order valence-corrected chi connectivity index (χ2v) is 6.08. The van der Waals surface area contributed by atoms with Gasteiger partial charge in [-0.25, -0.2) is 4.79 Å². The second-order valence-electron chi connectivity index (χ2n) is 6.08. The molecule has 26 heavy (non-hydrogen) atoms. The Morgan fingerprint density at radius 3 is 2.81 bits per heavy atom. The highest BCUT2D eigenvalue weighted by molar-refractivity contribution is 5.96. The van der Waals surface area contributed by atoms with E-state index in [1.54, 1.807) is 35.1 Å². The van der Waals surface area contributed by atoms with Gasteiger partial charge >= 0.3 is 5.97 Å². The van der Waals surface area contributed by atoms with Crippen molar-refractivity contribution in [3.63, 3.8) is 0 Å². The molecule has 3 rings (SSSR count). The molecule has 1 saturated heterocycles. The van der Waals surface area contributed by atoms with Gasteiger partial charge in [0.05, 0.1) is 7.11 Å². The number of aromatic nitrogens is 2. The summed E-state index contributed by atoms with van der Waals surface area (Å²) in [5.74, 6) is -0.105. The minimum atomic E-state index is -0.725. The minimum absolute atomic E-state index is 0.118. The molecule has 0 bridgehead atoms. The fourth-order valence-corrected chi connectivity index (χ4v) is 3.03. The van der Waals surface area contributed by atoms with Crippen molar-refractivity contribution in [3.05, 3.63) is 42.7 Å². The van der Waals surface area contributed by atoms with E-state index in [1.807, 2.05) is 12.3 Å². The molecular formula is C18H22N4O4. The summed E-state index contributed by atoms with van der Waals surface area (Å²) < 4.78 is 11.7. The summed E-state index contributed by atoms with van der Waals surface area (Å²) in [4.78, 5) is 24.3. The van der Waals surface area contributed by atoms with Gasteiger partial charge in [0, 0.05) is 24.1 Å². The predicted octanol–water partition coefficient (Wildman–Crippen LogP) is 1.15. The summed E-state index contributed by atoms with van der Waals surface area (Å²) in [6.45, 7) is 1.31. The van der Waals surface area contributed by atoms with Crippen LogP contribution in [0.4, 0.5) is 5.69 Å². The van der Waals surface area contributed by atoms with Crippen molar-refractivity contribution in [2.75, 3.05) is 32.1 Å². The number of methoxy groups -OCH3 is 1. The number of hydrogen-bond donors (Lipinski definition) is 2. The van der Waals surface area contributed by atoms with E-state index >= 15 is 0 Å². The topological polar surface area (TPSA) is 94.5 Å². The van der Waals surface area contributed by atoms with E-state index in [0.29, 0.717) is 24.3 Å². The number of esters is 1. The van der Waals surface area contributed by atoms with E-state index in [4.69, 9.17) is 4.74 Å². The number of ether oxygens (including phenoxy) is 2. The first-order valence-corrected chi connectivity index (χ1v) is 8.46. The van der Waals surface area contributed by atoms with Gasteiger partial charge in [0.15, 0.2) is 6.61 Å². The van der Waals surface area contributed by atoms with Gasteiger partial charge < -0.3 is 20.1 Å². The standard InChI is InChI=1S/C18H22N4O4/c1-25-16(23)13-26-15-5-2-4-14(12-15)21-17(24)18(6-9-19-10-7-18)22-11-3-8-20-22/h2-5,8,11-12,19H,6-7,9-10,13H2,1H3,(H,21,24). The fraction of sp³-hybridized carbons (Fsp3) is 0.389. The molecule has 0 unspecified atom stereocenters. The van der Waals surface area contributed by atoms with Crippen molar-refractivity contribution in [2.24, 2.45) is 0 Å². The highest BCUT2D eigenvalue weighted by atomic mass is 16.6. The number of nitrogens with one attached hydrogen (secondary N) is 2. The number of rotatable bonds is 6. The lowest BCUT2D eigenvalue weighted by Crippen LogP contribution is -2.52. The molecule has 0 radical (unpaired) electrons. The van der Waals surface area contributed by atoms with Crippen LogP contribution in [0, 0.1) is 0 Å². The molecule has 1 aliphatic rings. The molecule has 1 aromatic carbocycles. The predicted molar refractivity (Wildman–Crippen MR) is 94.9 cm³/mol. The Morgan fingerprint density at radius 2 is 2.12 bits per heavy atom. The number of benzene rings is 1. The van der Waals surface area contributed by atoms with E-state index < -0.39 is 11.5 Å². The molecular weight excluding hydrogens is 336 g/mol. The molecule has 0 saturated carbocycles. The molecule has 138 valence electrons. The van der Waals surface area contributed by atoms with Gasteiger partial charge in [-0.15, -0.1) is 0 Å². The fourth-order valence-electron chi connectivity index (χ4n) is 3.03. The zero-order valence-electron chi connectivity index (χ0n) is 14.6. The summed E-state index contributed by atoms with van der Waals surface area (Å²) in [5, 5.41) is 10.5. The monoisotopic (exact) mass is 358 g/mol. The molecule has 8 heteroatoms. The number of nitrogens with zero attached hydrogens (tertiary/aromatic N) is 2. The third-order valence-electron chi connectivity index (χ3n) is 4.47. The van der Waals surface area contributed by atoms with Gasteiger partial charge in [-0.3, -0.25) is 9.48 Å². The van der Waals surface area contributed by atoms with Gasteiger partial charge in [0.1, 0.15) is 11.3 Å². The number of hydrogen-bond acceptors (Lipinski definition) is 6. The highest BCUT2D eigenvalue weighted by Gasteiger charge is 2.42. The number of carbonyl (C=O) groups is 2. The van der Waals surface area contributed by atoms with Gasteiger partial charge in [0.2, 0.25) is 0 Å². The van der Waals surface area contributed by atoms with E-state index in [2.05, 4.69) is 20.5 Å². The molecule has 0 atom stereocenters. The lowest BCUT2D eigenvalue weighted by atomic mass is 9.87. The maximum absolute atomic E-state index is 13.1. The highest BCUT2D eigenvalue weighted by Crippen LogP contribution is 2.29. The van der Waals surface area contributed by atoms with Crippen LogP contribution in [0.3, 0.4) is 0 Å². The minimum Gasteiger partial charge on any atom is -0.482 e. The molecule has 1 amide bonds. The molecule has 1 fully saturated rings. The Bertz CT molecular complexity index is 754. The zero-order chi connectivity index (χ0) is 18.4. The van der Waals surface area contributed by atoms with Crippen LogP contribution in [-0.2, 0) is 19.9 Å². The summed E-state index contributed by atoms with van der Waals surface area (Å²) >= 11 is 0. The van der Waals surface area contributed by atoms with Crippen LogP contribution >= 0.6 is 0 Å². The summed E-state index contributed by atoms with van der Waals surface area (Å²) in [7, 11) is 1.30. The molecule has 1 aromatic heterocycles. The van der Waals surface area contributed by atoms with Gasteiger partial charge in [-0.05, 0) is 44.1 Å². The van der Waals surface area contributed by atoms with E-state index in [-0.39, 0.29) is 12.5 Å². The van der Waals surface area contributed by atoms with Crippen LogP contribution in [0.2, 0.25) is 0 Å². The third kappa shape index (κ3) is 3.85. The van der Waals surface area contributed by atoms with Crippen LogP contribution in [-0.4, -0.2) is 48.5 Å². The smallest absolute Gasteiger partial charge is 0.343 e. The second kappa shape index (κ2) is 8.01. The Morgan fingerprint density at radius 1 is 1.31 bits per heavy atom. The van der Waals surface area contributed by atoms with Gasteiger partial charge in [-0.2, -0.15) is 5.10 Å². The van der Waals surface area contributed by atoms with Gasteiger partial charge in [0.25, 0.3) is 5.91 Å². The van der Waals surface area contributed by atoms with Crippen molar-refractivity contribution in [1.82, 2.24) is 15.1 Å². The lowest BCUT2D eigenvalue weighted by Gasteiger charge is -2.36. The molecule has 2 aromatic rings. The SMILES string of the molecule is COC(=O)COc1cccc(NC(=O)C2(n3cccn3)CCNCC2)c1. The van der Waals surface area contributed by atoms with Crippen LogP contribution in [0.5, 0.6) is 5.75 Å². The first-order chi connectivity index (χ1) is 12.6. The van der Waals surface area contributed by atoms with Crippen LogP contribution in [0.1, 0.15) is 12.8 Å². The van der Waals surface area contributed by atoms with Crippen molar-refractivity contribution in [2.45, 2.75) is 18.4 Å². The molecule has 8 nitrogen and oxygen atoms in total. The van der Waals surface area contributed by atoms with Crippen molar-refractivity contribution in [3.8, 4) is 5.75 Å². The molecule has 0 aliphatic carbocycles. The maximum atomic E-state index is 13.1. The van der Waals surface area contributed by atoms with Crippen LogP contribution < -0.4 is 15.4 Å². The Kier molecular flexibility index (Phi) is 5.52. The van der Waals surface area contributed by atoms with E-state index in [9.17, 15) is 9.59 Å². The average molecular weight is 358 g/mol. The normalized spacial score (nSPS) is 15.9. The van der Waals surface area contributed by atoms with Gasteiger partial charge in [-0.1, -0.05) is 6.07 Å². The van der Waals surface area contributed by atoms with Crippen molar-refractivity contribution in [1.29, 1.82) is 0 Å². The van der Waals surface area contributed by atoms with Crippen molar-refractivity contribution < 1.29 is 19.1 Å². The molecule has 2 heterocycles. The quantitative estimate of drug-likeness (QED) is 0.753.